The van der Waals surface area contributed by atoms with Gasteiger partial charge in [-0.2, -0.15) is 0 Å². The molecule has 6 atom stereocenters. The molecule has 1 amide bonds. The third kappa shape index (κ3) is 7.84. The Hall–Kier alpha value is -3.00. The molecule has 1 N–H and O–H groups in total. The molecule has 1 saturated heterocycles. The quantitative estimate of drug-likeness (QED) is 0.288. The lowest BCUT2D eigenvalue weighted by atomic mass is 9.63. The number of sulfonamides is 1. The van der Waals surface area contributed by atoms with Crippen LogP contribution < -0.4 is 14.4 Å². The highest BCUT2D eigenvalue weighted by Gasteiger charge is 2.50. The van der Waals surface area contributed by atoms with Crippen LogP contribution in [0.3, 0.4) is 0 Å². The van der Waals surface area contributed by atoms with Crippen molar-refractivity contribution >= 4 is 44.6 Å². The molecule has 1 spiro atoms. The van der Waals surface area contributed by atoms with Crippen LogP contribution in [0.2, 0.25) is 5.02 Å². The molecular weight excluding hydrogens is 754 g/mol. The number of aryl methyl sites for hydroxylation is 1. The average Bonchev–Trinajstić information content (AvgIpc) is 3.62. The predicted octanol–water partition coefficient (Wildman–Crippen LogP) is 6.54. The van der Waals surface area contributed by atoms with E-state index in [1.165, 1.54) is 11.1 Å². The molecule has 2 fully saturated rings. The van der Waals surface area contributed by atoms with Gasteiger partial charge in [-0.15, -0.1) is 11.3 Å². The summed E-state index contributed by atoms with van der Waals surface area (Å²) in [6, 6.07) is 11.7. The highest BCUT2D eigenvalue weighted by molar-refractivity contribution is 7.90. The lowest BCUT2D eigenvalue weighted by Crippen LogP contribution is -2.59. The number of nitrogens with one attached hydrogen (secondary N) is 1. The van der Waals surface area contributed by atoms with Gasteiger partial charge < -0.3 is 14.4 Å². The van der Waals surface area contributed by atoms with Crippen molar-refractivity contribution < 1.29 is 22.7 Å². The van der Waals surface area contributed by atoms with Crippen molar-refractivity contribution in [1.82, 2.24) is 19.5 Å². The fourth-order valence-corrected chi connectivity index (χ4v) is 11.8. The number of nitrogens with zero attached hydrogens (tertiary/aromatic N) is 4. The minimum atomic E-state index is -3.96. The molecule has 4 heterocycles. The Morgan fingerprint density at radius 1 is 1.09 bits per heavy atom. The van der Waals surface area contributed by atoms with Crippen molar-refractivity contribution in [3.8, 4) is 5.75 Å². The number of carbonyl (C=O) groups excluding carboxylic acids is 1. The molecule has 10 nitrogen and oxygen atoms in total. The molecule has 2 aromatic carbocycles. The predicted molar refractivity (Wildman–Crippen MR) is 219 cm³/mol. The van der Waals surface area contributed by atoms with Gasteiger partial charge in [0.25, 0.3) is 5.91 Å². The molecule has 2 bridgehead atoms. The lowest BCUT2D eigenvalue weighted by Gasteiger charge is -2.52. The summed E-state index contributed by atoms with van der Waals surface area (Å²) >= 11 is 8.16. The van der Waals surface area contributed by atoms with Crippen molar-refractivity contribution in [2.75, 3.05) is 64.4 Å². The van der Waals surface area contributed by atoms with Gasteiger partial charge in [0.2, 0.25) is 10.0 Å². The summed E-state index contributed by atoms with van der Waals surface area (Å²) in [4.78, 5) is 25.7. The highest BCUT2D eigenvalue weighted by atomic mass is 35.5. The van der Waals surface area contributed by atoms with Crippen LogP contribution in [0.4, 0.5) is 5.69 Å². The van der Waals surface area contributed by atoms with Gasteiger partial charge in [0.15, 0.2) is 0 Å². The first-order chi connectivity index (χ1) is 26.5. The van der Waals surface area contributed by atoms with Crippen LogP contribution in [-0.4, -0.2) is 99.5 Å². The summed E-state index contributed by atoms with van der Waals surface area (Å²) in [5, 5.41) is 2.09. The van der Waals surface area contributed by atoms with E-state index in [1.54, 1.807) is 24.3 Å². The summed E-state index contributed by atoms with van der Waals surface area (Å²) < 4.78 is 43.1. The Morgan fingerprint density at radius 2 is 1.91 bits per heavy atom. The maximum absolute atomic E-state index is 13.7. The summed E-state index contributed by atoms with van der Waals surface area (Å²) in [7, 11) is -2.11. The number of piperazine rings is 1. The Labute approximate surface area is 335 Å². The van der Waals surface area contributed by atoms with Gasteiger partial charge in [0.05, 0.1) is 28.7 Å². The Morgan fingerprint density at radius 3 is 2.65 bits per heavy atom. The number of anilines is 1. The number of ether oxygens (including phenoxy) is 2. The number of fused-ring (bicyclic) bond motifs is 4. The Balaban J connectivity index is 1.15. The first kappa shape index (κ1) is 38.9. The van der Waals surface area contributed by atoms with Crippen molar-refractivity contribution in [1.29, 1.82) is 0 Å². The number of rotatable bonds is 5. The van der Waals surface area contributed by atoms with Gasteiger partial charge in [0.1, 0.15) is 11.4 Å². The normalized spacial score (nSPS) is 32.0. The minimum absolute atomic E-state index is 0.226. The Bertz CT molecular complexity index is 2000. The van der Waals surface area contributed by atoms with Crippen LogP contribution in [0.5, 0.6) is 5.75 Å². The zero-order valence-corrected chi connectivity index (χ0v) is 34.6. The first-order valence-corrected chi connectivity index (χ1v) is 22.8. The summed E-state index contributed by atoms with van der Waals surface area (Å²) in [5.74, 6) is 0.445. The van der Waals surface area contributed by atoms with Gasteiger partial charge in [-0.3, -0.25) is 14.6 Å². The van der Waals surface area contributed by atoms with Gasteiger partial charge in [-0.1, -0.05) is 36.7 Å². The van der Waals surface area contributed by atoms with Crippen molar-refractivity contribution in [3.05, 3.63) is 86.8 Å². The third-order valence-corrected chi connectivity index (χ3v) is 16.2. The number of halogens is 1. The summed E-state index contributed by atoms with van der Waals surface area (Å²) in [6.45, 7) is 11.1. The fourth-order valence-electron chi connectivity index (χ4n) is 9.81. The zero-order valence-electron chi connectivity index (χ0n) is 32.2. The zero-order chi connectivity index (χ0) is 38.4. The van der Waals surface area contributed by atoms with Crippen LogP contribution in [0, 0.1) is 17.8 Å². The minimum Gasteiger partial charge on any atom is -0.490 e. The topological polar surface area (TPSA) is 104 Å². The fraction of sp³-hybridized carbons (Fsp3) is 0.571. The number of aromatic nitrogens is 1. The van der Waals surface area contributed by atoms with Crippen LogP contribution in [0.1, 0.15) is 73.1 Å². The van der Waals surface area contributed by atoms with Crippen molar-refractivity contribution in [2.45, 2.75) is 75.2 Å². The number of hydrogen-bond donors (Lipinski definition) is 1. The van der Waals surface area contributed by atoms with Crippen LogP contribution in [-0.2, 0) is 33.1 Å². The second-order valence-corrected chi connectivity index (χ2v) is 19.9. The number of methoxy groups -OCH3 is 1. The third-order valence-electron chi connectivity index (χ3n) is 13.4. The molecule has 1 saturated carbocycles. The van der Waals surface area contributed by atoms with Gasteiger partial charge in [-0.25, -0.2) is 18.1 Å². The smallest absolute Gasteiger partial charge is 0.264 e. The molecule has 2 aliphatic carbocycles. The molecule has 8 rings (SSSR count). The van der Waals surface area contributed by atoms with E-state index in [0.717, 1.165) is 94.3 Å². The maximum Gasteiger partial charge on any atom is 0.264 e. The number of carbonyl (C=O) groups is 1. The second-order valence-electron chi connectivity index (χ2n) is 16.7. The number of benzene rings is 2. The largest absolute Gasteiger partial charge is 0.490 e. The van der Waals surface area contributed by atoms with E-state index in [2.05, 4.69) is 54.1 Å². The summed E-state index contributed by atoms with van der Waals surface area (Å²) in [6.07, 6.45) is 10.0. The number of thiazole rings is 1. The van der Waals surface area contributed by atoms with E-state index in [-0.39, 0.29) is 17.3 Å². The maximum atomic E-state index is 13.7. The van der Waals surface area contributed by atoms with E-state index < -0.39 is 26.8 Å². The lowest BCUT2D eigenvalue weighted by molar-refractivity contribution is -0.0956. The van der Waals surface area contributed by atoms with Gasteiger partial charge in [0, 0.05) is 80.8 Å². The second kappa shape index (κ2) is 15.7. The Kier molecular flexibility index (Phi) is 11.1. The van der Waals surface area contributed by atoms with Crippen LogP contribution in [0.15, 0.2) is 59.4 Å². The monoisotopic (exact) mass is 807 g/mol. The number of hydrogen-bond acceptors (Lipinski definition) is 10. The van der Waals surface area contributed by atoms with Gasteiger partial charge >= 0.3 is 0 Å². The molecule has 55 heavy (non-hydrogen) atoms. The SMILES string of the molecule is CO[C@]1(CN2CCN(Cc3cscn3)CC2)/C=C/C[C@H](C)[C@@H](C)S(=O)(=O)NC(=O)c2ccc3c(c2)N(C[C@@H]2CC[C@H]21)C[C@@]1(CCCc2cc(Cl)ccc21)CO3. The standard InChI is InChI=1S/C42H54ClN5O5S2/c1-29-6-4-15-42(52-3,26-47-18-16-46(17-19-47)23-35-24-54-28-44-35)37-11-8-33(37)22-48-25-41(14-5-7-31-20-34(43)10-12-36(31)41)27-53-39-13-9-32(21-38(39)48)40(49)45-55(50,51)30(29)2/h4,9-10,12-13,15,20-21,24,28-30,33,37H,5-8,11,14,16-19,22-23,25-27H2,1-3H3,(H,45,49)/b15-4+/t29-,30+,33-,37+,41-,42-/m0/s1. The van der Waals surface area contributed by atoms with E-state index in [9.17, 15) is 13.2 Å². The molecule has 296 valence electrons. The molecule has 3 aromatic rings. The highest BCUT2D eigenvalue weighted by Crippen LogP contribution is 2.49. The van der Waals surface area contributed by atoms with Crippen molar-refractivity contribution in [2.24, 2.45) is 17.8 Å². The number of amides is 1. The van der Waals surface area contributed by atoms with Crippen molar-refractivity contribution in [3.63, 3.8) is 0 Å². The van der Waals surface area contributed by atoms with E-state index in [4.69, 9.17) is 21.1 Å². The molecule has 5 aliphatic rings. The average molecular weight is 809 g/mol. The first-order valence-electron chi connectivity index (χ1n) is 19.9. The van der Waals surface area contributed by atoms with E-state index in [1.807, 2.05) is 37.7 Å². The molecular formula is C42H54ClN5O5S2. The van der Waals surface area contributed by atoms with Gasteiger partial charge in [-0.05, 0) is 105 Å². The van der Waals surface area contributed by atoms with E-state index in [0.29, 0.717) is 36.8 Å². The molecule has 3 aliphatic heterocycles. The number of allylic oxidation sites excluding steroid dienone is 1. The van der Waals surface area contributed by atoms with Crippen LogP contribution >= 0.6 is 22.9 Å². The molecule has 0 radical (unpaired) electrons. The molecule has 0 unspecified atom stereocenters. The summed E-state index contributed by atoms with van der Waals surface area (Å²) in [5.41, 5.74) is 5.90. The van der Waals surface area contributed by atoms with E-state index >= 15 is 0 Å². The molecule has 1 aromatic heterocycles. The van der Waals surface area contributed by atoms with Crippen LogP contribution in [0.25, 0.3) is 0 Å². The molecule has 13 heteroatoms.